The molecule has 4 nitrogen and oxygen atoms in total. The smallest absolute Gasteiger partial charge is 0.339 e. The fourth-order valence-corrected chi connectivity index (χ4v) is 1.51. The lowest BCUT2D eigenvalue weighted by Crippen LogP contribution is -2.12. The zero-order chi connectivity index (χ0) is 11.7. The minimum Gasteiger partial charge on any atom is -0.505 e. The molecule has 0 bridgehead atoms. The molecule has 0 aliphatic rings. The number of halogens is 1. The molecule has 0 fully saturated rings. The van der Waals surface area contributed by atoms with Gasteiger partial charge in [-0.1, -0.05) is 0 Å². The SMILES string of the molecule is NCCc1cc2ccc(O)c(F)c2oc1=O. The van der Waals surface area contributed by atoms with Gasteiger partial charge in [0.2, 0.25) is 5.82 Å². The standard InChI is InChI=1S/C11H10FNO3/c12-9-8(14)2-1-6-5-7(3-4-13)11(15)16-10(6)9/h1-2,5,14H,3-4,13H2. The minimum absolute atomic E-state index is 0.231. The average Bonchev–Trinajstić information content (AvgIpc) is 2.26. The van der Waals surface area contributed by atoms with E-state index in [0.717, 1.165) is 0 Å². The van der Waals surface area contributed by atoms with E-state index in [1.807, 2.05) is 0 Å². The van der Waals surface area contributed by atoms with Crippen molar-refractivity contribution < 1.29 is 13.9 Å². The van der Waals surface area contributed by atoms with Crippen molar-refractivity contribution in [2.75, 3.05) is 6.54 Å². The van der Waals surface area contributed by atoms with Gasteiger partial charge in [-0.3, -0.25) is 0 Å². The molecule has 0 radical (unpaired) electrons. The molecule has 84 valence electrons. The quantitative estimate of drug-likeness (QED) is 0.748. The summed E-state index contributed by atoms with van der Waals surface area (Å²) in [6.45, 7) is 0.316. The van der Waals surface area contributed by atoms with Gasteiger partial charge < -0.3 is 15.3 Å². The molecule has 0 spiro atoms. The average molecular weight is 223 g/mol. The first-order chi connectivity index (χ1) is 7.63. The zero-order valence-corrected chi connectivity index (χ0v) is 8.37. The molecule has 2 aromatic rings. The lowest BCUT2D eigenvalue weighted by Gasteiger charge is -2.02. The van der Waals surface area contributed by atoms with E-state index in [-0.39, 0.29) is 5.58 Å². The van der Waals surface area contributed by atoms with E-state index in [0.29, 0.717) is 23.9 Å². The summed E-state index contributed by atoms with van der Waals surface area (Å²) in [4.78, 5) is 11.4. The molecule has 0 unspecified atom stereocenters. The Morgan fingerprint density at radius 1 is 1.44 bits per heavy atom. The summed E-state index contributed by atoms with van der Waals surface area (Å²) in [7, 11) is 0. The second kappa shape index (κ2) is 3.94. The van der Waals surface area contributed by atoms with Crippen LogP contribution in [0.15, 0.2) is 27.4 Å². The summed E-state index contributed by atoms with van der Waals surface area (Å²) >= 11 is 0. The molecule has 1 aromatic heterocycles. The van der Waals surface area contributed by atoms with Crippen LogP contribution in [-0.2, 0) is 6.42 Å². The van der Waals surface area contributed by atoms with E-state index in [1.165, 1.54) is 18.2 Å². The number of hydrogen-bond donors (Lipinski definition) is 2. The molecule has 16 heavy (non-hydrogen) atoms. The second-order valence-corrected chi connectivity index (χ2v) is 3.41. The minimum atomic E-state index is -0.922. The first-order valence-corrected chi connectivity index (χ1v) is 4.77. The van der Waals surface area contributed by atoms with Gasteiger partial charge in [-0.15, -0.1) is 0 Å². The molecule has 2 rings (SSSR count). The number of benzene rings is 1. The molecule has 5 heteroatoms. The number of rotatable bonds is 2. The van der Waals surface area contributed by atoms with Gasteiger partial charge in [-0.05, 0) is 31.2 Å². The predicted octanol–water partition coefficient (Wildman–Crippen LogP) is 1.14. The second-order valence-electron chi connectivity index (χ2n) is 3.41. The zero-order valence-electron chi connectivity index (χ0n) is 8.37. The van der Waals surface area contributed by atoms with Crippen molar-refractivity contribution in [3.63, 3.8) is 0 Å². The van der Waals surface area contributed by atoms with Crippen molar-refractivity contribution in [1.29, 1.82) is 0 Å². The Morgan fingerprint density at radius 3 is 2.88 bits per heavy atom. The maximum absolute atomic E-state index is 13.4. The third-order valence-electron chi connectivity index (χ3n) is 2.31. The topological polar surface area (TPSA) is 76.5 Å². The lowest BCUT2D eigenvalue weighted by atomic mass is 10.1. The highest BCUT2D eigenvalue weighted by molar-refractivity contribution is 5.79. The van der Waals surface area contributed by atoms with Gasteiger partial charge >= 0.3 is 5.63 Å². The van der Waals surface area contributed by atoms with E-state index in [9.17, 15) is 9.18 Å². The van der Waals surface area contributed by atoms with Crippen molar-refractivity contribution in [3.05, 3.63) is 40.0 Å². The lowest BCUT2D eigenvalue weighted by molar-refractivity contribution is 0.425. The van der Waals surface area contributed by atoms with Crippen LogP contribution in [0.1, 0.15) is 5.56 Å². The van der Waals surface area contributed by atoms with Crippen LogP contribution in [0.4, 0.5) is 4.39 Å². The molecule has 3 N–H and O–H groups in total. The predicted molar refractivity (Wildman–Crippen MR) is 56.9 cm³/mol. The van der Waals surface area contributed by atoms with Gasteiger partial charge in [0.25, 0.3) is 0 Å². The molecular formula is C11H10FNO3. The fourth-order valence-electron chi connectivity index (χ4n) is 1.51. The summed E-state index contributed by atoms with van der Waals surface area (Å²) in [6.07, 6.45) is 0.376. The molecule has 0 saturated heterocycles. The Labute approximate surface area is 90.1 Å². The molecule has 1 heterocycles. The van der Waals surface area contributed by atoms with Gasteiger partial charge in [0.05, 0.1) is 0 Å². The maximum atomic E-state index is 13.4. The summed E-state index contributed by atoms with van der Waals surface area (Å²) < 4.78 is 18.2. The highest BCUT2D eigenvalue weighted by Crippen LogP contribution is 2.24. The van der Waals surface area contributed by atoms with Crippen LogP contribution in [0.25, 0.3) is 11.0 Å². The van der Waals surface area contributed by atoms with Crippen LogP contribution in [0.2, 0.25) is 0 Å². The summed E-state index contributed by atoms with van der Waals surface area (Å²) in [5.41, 5.74) is 4.88. The van der Waals surface area contributed by atoms with Crippen LogP contribution in [0, 0.1) is 5.82 Å². The summed E-state index contributed by atoms with van der Waals surface area (Å²) in [5, 5.41) is 9.55. The van der Waals surface area contributed by atoms with E-state index in [4.69, 9.17) is 15.3 Å². The van der Waals surface area contributed by atoms with Crippen molar-refractivity contribution in [1.82, 2.24) is 0 Å². The van der Waals surface area contributed by atoms with Crippen molar-refractivity contribution in [3.8, 4) is 5.75 Å². The number of phenols is 1. The Balaban J connectivity index is 2.74. The Kier molecular flexibility index (Phi) is 2.62. The molecule has 0 saturated carbocycles. The molecule has 0 atom stereocenters. The van der Waals surface area contributed by atoms with Gasteiger partial charge in [0.1, 0.15) is 0 Å². The Bertz CT molecular complexity index is 592. The Morgan fingerprint density at radius 2 is 2.19 bits per heavy atom. The molecule has 0 aliphatic carbocycles. The van der Waals surface area contributed by atoms with Crippen LogP contribution >= 0.6 is 0 Å². The Hall–Kier alpha value is -1.88. The third kappa shape index (κ3) is 1.65. The molecule has 0 aliphatic heterocycles. The number of fused-ring (bicyclic) bond motifs is 1. The number of phenolic OH excluding ortho intramolecular Hbond substituents is 1. The molecular weight excluding hydrogens is 213 g/mol. The van der Waals surface area contributed by atoms with Crippen LogP contribution in [0.5, 0.6) is 5.75 Å². The van der Waals surface area contributed by atoms with Gasteiger partial charge in [-0.25, -0.2) is 4.79 Å². The molecule has 0 amide bonds. The highest BCUT2D eigenvalue weighted by Gasteiger charge is 2.11. The first kappa shape index (κ1) is 10.6. The van der Waals surface area contributed by atoms with Crippen LogP contribution in [-0.4, -0.2) is 11.7 Å². The van der Waals surface area contributed by atoms with E-state index in [1.54, 1.807) is 0 Å². The highest BCUT2D eigenvalue weighted by atomic mass is 19.1. The number of aromatic hydroxyl groups is 1. The number of hydrogen-bond acceptors (Lipinski definition) is 4. The third-order valence-corrected chi connectivity index (χ3v) is 2.31. The first-order valence-electron chi connectivity index (χ1n) is 4.77. The van der Waals surface area contributed by atoms with Crippen molar-refractivity contribution >= 4 is 11.0 Å². The van der Waals surface area contributed by atoms with E-state index >= 15 is 0 Å². The monoisotopic (exact) mass is 223 g/mol. The van der Waals surface area contributed by atoms with Crippen molar-refractivity contribution in [2.45, 2.75) is 6.42 Å². The number of nitrogens with two attached hydrogens (primary N) is 1. The van der Waals surface area contributed by atoms with Crippen molar-refractivity contribution in [2.24, 2.45) is 5.73 Å². The summed E-state index contributed by atoms with van der Waals surface area (Å²) in [6, 6.07) is 4.22. The fraction of sp³-hybridized carbons (Fsp3) is 0.182. The largest absolute Gasteiger partial charge is 0.505 e. The normalized spacial score (nSPS) is 10.9. The van der Waals surface area contributed by atoms with Gasteiger partial charge in [0.15, 0.2) is 11.3 Å². The van der Waals surface area contributed by atoms with E-state index in [2.05, 4.69) is 0 Å². The maximum Gasteiger partial charge on any atom is 0.339 e. The van der Waals surface area contributed by atoms with Crippen LogP contribution < -0.4 is 11.4 Å². The van der Waals surface area contributed by atoms with Gasteiger partial charge in [0, 0.05) is 10.9 Å². The molecule has 1 aromatic carbocycles. The van der Waals surface area contributed by atoms with Crippen LogP contribution in [0.3, 0.4) is 0 Å². The van der Waals surface area contributed by atoms with E-state index < -0.39 is 17.2 Å². The summed E-state index contributed by atoms with van der Waals surface area (Å²) in [5.74, 6) is -1.46. The van der Waals surface area contributed by atoms with Gasteiger partial charge in [-0.2, -0.15) is 4.39 Å².